The number of hydrogen-bond acceptors (Lipinski definition) is 2. The molecule has 20 heavy (non-hydrogen) atoms. The van der Waals surface area contributed by atoms with Crippen molar-refractivity contribution in [2.45, 2.75) is 76.5 Å². The number of hydrogen-bond donors (Lipinski definition) is 2. The Morgan fingerprint density at radius 2 is 2.00 bits per heavy atom. The van der Waals surface area contributed by atoms with Gasteiger partial charge in [0.15, 0.2) is 0 Å². The average molecular weight is 275 g/mol. The molecule has 1 saturated carbocycles. The molecule has 2 heteroatoms. The number of nitrogens with one attached hydrogen (secondary N) is 1. The van der Waals surface area contributed by atoms with Crippen LogP contribution in [-0.2, 0) is 0 Å². The molecule has 112 valence electrons. The Morgan fingerprint density at radius 3 is 2.70 bits per heavy atom. The Balaban J connectivity index is 1.95. The van der Waals surface area contributed by atoms with Crippen LogP contribution < -0.4 is 5.32 Å². The maximum atomic E-state index is 9.84. The lowest BCUT2D eigenvalue weighted by molar-refractivity contribution is 0.108. The quantitative estimate of drug-likeness (QED) is 0.731. The van der Waals surface area contributed by atoms with Crippen LogP contribution in [0.3, 0.4) is 0 Å². The summed E-state index contributed by atoms with van der Waals surface area (Å²) in [6.07, 6.45) is 9.18. The first kappa shape index (κ1) is 15.5. The van der Waals surface area contributed by atoms with Crippen LogP contribution in [0.4, 0.5) is 0 Å². The summed E-state index contributed by atoms with van der Waals surface area (Å²) in [5, 5.41) is 13.6. The van der Waals surface area contributed by atoms with Crippen LogP contribution in [0.1, 0.15) is 69.9 Å². The van der Waals surface area contributed by atoms with Gasteiger partial charge >= 0.3 is 0 Å². The lowest BCUT2D eigenvalue weighted by Gasteiger charge is -2.31. The molecule has 2 N–H and O–H groups in total. The van der Waals surface area contributed by atoms with Gasteiger partial charge in [0.25, 0.3) is 0 Å². The summed E-state index contributed by atoms with van der Waals surface area (Å²) in [5.74, 6) is 0. The number of unbranched alkanes of at least 4 members (excludes halogenated alkanes) is 2. The first-order valence-corrected chi connectivity index (χ1v) is 8.28. The molecule has 0 amide bonds. The fourth-order valence-corrected chi connectivity index (χ4v) is 3.23. The third-order valence-corrected chi connectivity index (χ3v) is 4.38. The largest absolute Gasteiger partial charge is 0.393 e. The van der Waals surface area contributed by atoms with E-state index >= 15 is 0 Å². The molecule has 0 bridgehead atoms. The highest BCUT2D eigenvalue weighted by Crippen LogP contribution is 2.25. The van der Waals surface area contributed by atoms with E-state index in [1.54, 1.807) is 0 Å². The second kappa shape index (κ2) is 8.43. The molecule has 1 aromatic carbocycles. The molecule has 3 unspecified atom stereocenters. The van der Waals surface area contributed by atoms with E-state index in [1.165, 1.54) is 37.7 Å². The topological polar surface area (TPSA) is 32.3 Å². The van der Waals surface area contributed by atoms with E-state index in [2.05, 4.69) is 42.6 Å². The van der Waals surface area contributed by atoms with Gasteiger partial charge in [-0.3, -0.25) is 0 Å². The molecule has 2 nitrogen and oxygen atoms in total. The van der Waals surface area contributed by atoms with Crippen molar-refractivity contribution in [3.63, 3.8) is 0 Å². The van der Waals surface area contributed by atoms with Crippen LogP contribution in [0.15, 0.2) is 30.3 Å². The summed E-state index contributed by atoms with van der Waals surface area (Å²) >= 11 is 0. The molecular formula is C18H29NO. The Kier molecular flexibility index (Phi) is 6.55. The van der Waals surface area contributed by atoms with E-state index in [9.17, 15) is 5.11 Å². The van der Waals surface area contributed by atoms with Crippen LogP contribution in [0.5, 0.6) is 0 Å². The molecule has 0 saturated heterocycles. The predicted octanol–water partition coefficient (Wildman–Crippen LogP) is 4.20. The average Bonchev–Trinajstić information content (AvgIpc) is 2.47. The highest BCUT2D eigenvalue weighted by atomic mass is 16.3. The van der Waals surface area contributed by atoms with E-state index < -0.39 is 0 Å². The van der Waals surface area contributed by atoms with Crippen molar-refractivity contribution in [1.29, 1.82) is 0 Å². The minimum atomic E-state index is -0.103. The van der Waals surface area contributed by atoms with Gasteiger partial charge in [-0.05, 0) is 37.7 Å². The molecule has 1 aliphatic rings. The number of aliphatic hydroxyl groups excluding tert-OH is 1. The van der Waals surface area contributed by atoms with Crippen molar-refractivity contribution in [1.82, 2.24) is 5.32 Å². The lowest BCUT2D eigenvalue weighted by atomic mass is 9.91. The van der Waals surface area contributed by atoms with Gasteiger partial charge in [-0.25, -0.2) is 0 Å². The standard InChI is InChI=1S/C18H29NO/c1-2-3-5-13-18(15-9-6-4-7-10-15)19-16-11-8-12-17(20)14-16/h4,6-7,9-10,16-20H,2-3,5,8,11-14H2,1H3. The zero-order chi connectivity index (χ0) is 14.2. The molecule has 0 radical (unpaired) electrons. The first-order valence-electron chi connectivity index (χ1n) is 8.28. The zero-order valence-electron chi connectivity index (χ0n) is 12.7. The summed E-state index contributed by atoms with van der Waals surface area (Å²) in [6, 6.07) is 11.7. The predicted molar refractivity (Wildman–Crippen MR) is 84.7 cm³/mol. The Morgan fingerprint density at radius 1 is 1.20 bits per heavy atom. The molecular weight excluding hydrogens is 246 g/mol. The molecule has 2 rings (SSSR count). The normalized spacial score (nSPS) is 24.5. The van der Waals surface area contributed by atoms with Gasteiger partial charge < -0.3 is 10.4 Å². The van der Waals surface area contributed by atoms with Crippen molar-refractivity contribution in [3.8, 4) is 0 Å². The molecule has 1 aromatic rings. The van der Waals surface area contributed by atoms with Gasteiger partial charge in [0, 0.05) is 12.1 Å². The van der Waals surface area contributed by atoms with E-state index in [0.717, 1.165) is 19.3 Å². The Labute approximate surface area is 123 Å². The summed E-state index contributed by atoms with van der Waals surface area (Å²) in [4.78, 5) is 0. The van der Waals surface area contributed by atoms with Crippen molar-refractivity contribution in [2.24, 2.45) is 0 Å². The second-order valence-electron chi connectivity index (χ2n) is 6.14. The smallest absolute Gasteiger partial charge is 0.0555 e. The SMILES string of the molecule is CCCCCC(NC1CCCC(O)C1)c1ccccc1. The van der Waals surface area contributed by atoms with Gasteiger partial charge in [-0.2, -0.15) is 0 Å². The highest BCUT2D eigenvalue weighted by molar-refractivity contribution is 5.19. The van der Waals surface area contributed by atoms with Gasteiger partial charge in [-0.1, -0.05) is 56.5 Å². The van der Waals surface area contributed by atoms with Gasteiger partial charge in [0.05, 0.1) is 6.10 Å². The van der Waals surface area contributed by atoms with Gasteiger partial charge in [-0.15, -0.1) is 0 Å². The minimum Gasteiger partial charge on any atom is -0.393 e. The maximum absolute atomic E-state index is 9.84. The minimum absolute atomic E-state index is 0.103. The number of benzene rings is 1. The first-order chi connectivity index (χ1) is 9.79. The van der Waals surface area contributed by atoms with E-state index in [-0.39, 0.29) is 6.10 Å². The number of rotatable bonds is 7. The summed E-state index contributed by atoms with van der Waals surface area (Å²) in [5.41, 5.74) is 1.39. The van der Waals surface area contributed by atoms with Crippen LogP contribution >= 0.6 is 0 Å². The fraction of sp³-hybridized carbons (Fsp3) is 0.667. The highest BCUT2D eigenvalue weighted by Gasteiger charge is 2.23. The fourth-order valence-electron chi connectivity index (χ4n) is 3.23. The molecule has 0 heterocycles. The van der Waals surface area contributed by atoms with Crippen molar-refractivity contribution in [3.05, 3.63) is 35.9 Å². The lowest BCUT2D eigenvalue weighted by Crippen LogP contribution is -2.38. The third-order valence-electron chi connectivity index (χ3n) is 4.38. The maximum Gasteiger partial charge on any atom is 0.0555 e. The Hall–Kier alpha value is -0.860. The molecule has 0 aromatic heterocycles. The molecule has 3 atom stereocenters. The van der Waals surface area contributed by atoms with Crippen molar-refractivity contribution < 1.29 is 5.11 Å². The summed E-state index contributed by atoms with van der Waals surface area (Å²) in [6.45, 7) is 2.25. The van der Waals surface area contributed by atoms with Crippen molar-refractivity contribution >= 4 is 0 Å². The van der Waals surface area contributed by atoms with Crippen molar-refractivity contribution in [2.75, 3.05) is 0 Å². The van der Waals surface area contributed by atoms with Crippen LogP contribution in [0.25, 0.3) is 0 Å². The zero-order valence-corrected chi connectivity index (χ0v) is 12.7. The second-order valence-corrected chi connectivity index (χ2v) is 6.14. The van der Waals surface area contributed by atoms with Gasteiger partial charge in [0.2, 0.25) is 0 Å². The molecule has 0 spiro atoms. The molecule has 1 aliphatic carbocycles. The molecule has 0 aliphatic heterocycles. The van der Waals surface area contributed by atoms with Gasteiger partial charge in [0.1, 0.15) is 0 Å². The van der Waals surface area contributed by atoms with Crippen LogP contribution in [0.2, 0.25) is 0 Å². The van der Waals surface area contributed by atoms with E-state index in [1.807, 2.05) is 0 Å². The monoisotopic (exact) mass is 275 g/mol. The van der Waals surface area contributed by atoms with E-state index in [0.29, 0.717) is 12.1 Å². The summed E-state index contributed by atoms with van der Waals surface area (Å²) in [7, 11) is 0. The Bertz CT molecular complexity index is 365. The summed E-state index contributed by atoms with van der Waals surface area (Å²) < 4.78 is 0. The van der Waals surface area contributed by atoms with Crippen LogP contribution in [-0.4, -0.2) is 17.3 Å². The number of aliphatic hydroxyl groups is 1. The third kappa shape index (κ3) is 4.92. The van der Waals surface area contributed by atoms with E-state index in [4.69, 9.17) is 0 Å². The molecule has 1 fully saturated rings. The van der Waals surface area contributed by atoms with Crippen LogP contribution in [0, 0.1) is 0 Å².